The number of hydrazone groups is 1. The Labute approximate surface area is 218 Å². The lowest BCUT2D eigenvalue weighted by molar-refractivity contribution is 0.0955. The second kappa shape index (κ2) is 11.5. The van der Waals surface area contributed by atoms with E-state index in [4.69, 9.17) is 44.3 Å². The van der Waals surface area contributed by atoms with E-state index in [2.05, 4.69) is 28.7 Å². The van der Waals surface area contributed by atoms with Gasteiger partial charge in [-0.1, -0.05) is 77.3 Å². The van der Waals surface area contributed by atoms with Crippen LogP contribution in [-0.2, 0) is 6.61 Å². The van der Waals surface area contributed by atoms with E-state index >= 15 is 0 Å². The predicted molar refractivity (Wildman–Crippen MR) is 142 cm³/mol. The highest BCUT2D eigenvalue weighted by Gasteiger charge is 2.14. The van der Waals surface area contributed by atoms with Crippen LogP contribution in [0.1, 0.15) is 28.4 Å². The Hall–Kier alpha value is -3.25. The molecule has 1 amide bonds. The fourth-order valence-corrected chi connectivity index (χ4v) is 4.07. The molecule has 0 heterocycles. The highest BCUT2D eigenvalue weighted by atomic mass is 35.5. The van der Waals surface area contributed by atoms with Crippen LogP contribution >= 0.6 is 34.8 Å². The molecule has 0 spiro atoms. The van der Waals surface area contributed by atoms with Gasteiger partial charge < -0.3 is 9.47 Å². The molecule has 0 unspecified atom stereocenters. The van der Waals surface area contributed by atoms with Gasteiger partial charge in [0.15, 0.2) is 11.5 Å². The Bertz CT molecular complexity index is 1400. The Morgan fingerprint density at radius 1 is 0.914 bits per heavy atom. The molecule has 178 valence electrons. The van der Waals surface area contributed by atoms with Crippen LogP contribution in [0.5, 0.6) is 11.5 Å². The summed E-state index contributed by atoms with van der Waals surface area (Å²) in [4.78, 5) is 12.3. The highest BCUT2D eigenvalue weighted by Crippen LogP contribution is 2.37. The number of fused-ring (bicyclic) bond motifs is 1. The lowest BCUT2D eigenvalue weighted by Crippen LogP contribution is -2.17. The third-order valence-corrected chi connectivity index (χ3v) is 6.16. The molecule has 0 saturated carbocycles. The van der Waals surface area contributed by atoms with Crippen molar-refractivity contribution in [2.24, 2.45) is 5.10 Å². The maximum absolute atomic E-state index is 12.3. The summed E-state index contributed by atoms with van der Waals surface area (Å²) in [6, 6.07) is 22.2. The third kappa shape index (κ3) is 6.06. The number of halogens is 3. The van der Waals surface area contributed by atoms with Gasteiger partial charge in [0.2, 0.25) is 0 Å². The molecule has 0 bridgehead atoms. The van der Waals surface area contributed by atoms with E-state index in [1.54, 1.807) is 24.3 Å². The van der Waals surface area contributed by atoms with Crippen molar-refractivity contribution in [3.63, 3.8) is 0 Å². The summed E-state index contributed by atoms with van der Waals surface area (Å²) in [5, 5.41) is 7.29. The summed E-state index contributed by atoms with van der Waals surface area (Å²) in [5.74, 6) is 0.502. The lowest BCUT2D eigenvalue weighted by Gasteiger charge is -2.15. The van der Waals surface area contributed by atoms with Gasteiger partial charge in [-0.25, -0.2) is 5.43 Å². The van der Waals surface area contributed by atoms with Crippen molar-refractivity contribution in [1.29, 1.82) is 0 Å². The number of benzene rings is 4. The maximum atomic E-state index is 12.3. The maximum Gasteiger partial charge on any atom is 0.271 e. The first kappa shape index (κ1) is 24.9. The zero-order chi connectivity index (χ0) is 24.8. The van der Waals surface area contributed by atoms with Gasteiger partial charge in [0, 0.05) is 5.56 Å². The zero-order valence-electron chi connectivity index (χ0n) is 18.7. The summed E-state index contributed by atoms with van der Waals surface area (Å²) in [6.07, 6.45) is 1.47. The molecule has 8 heteroatoms. The fraction of sp³-hybridized carbons (Fsp3) is 0.111. The minimum absolute atomic E-state index is 0.288. The molecule has 1 N–H and O–H groups in total. The van der Waals surface area contributed by atoms with Crippen molar-refractivity contribution >= 4 is 57.7 Å². The summed E-state index contributed by atoms with van der Waals surface area (Å²) < 4.78 is 11.9. The first-order valence-electron chi connectivity index (χ1n) is 10.8. The number of ether oxygens (including phenoxy) is 2. The van der Waals surface area contributed by atoms with E-state index < -0.39 is 5.91 Å². The van der Waals surface area contributed by atoms with Crippen molar-refractivity contribution in [2.75, 3.05) is 6.61 Å². The van der Waals surface area contributed by atoms with Crippen molar-refractivity contribution in [1.82, 2.24) is 5.43 Å². The minimum atomic E-state index is -0.425. The van der Waals surface area contributed by atoms with Crippen LogP contribution in [0.3, 0.4) is 0 Å². The molecular weight excluding hydrogens is 507 g/mol. The zero-order valence-corrected chi connectivity index (χ0v) is 21.0. The van der Waals surface area contributed by atoms with Crippen LogP contribution in [0.4, 0.5) is 0 Å². The van der Waals surface area contributed by atoms with Crippen molar-refractivity contribution < 1.29 is 14.3 Å². The standard InChI is InChI=1S/C27H21Cl3N2O3/c1-2-34-25-13-17(15-31-32-27(33)19-10-11-22(28)23(29)14-19)12-24(30)26(25)35-16-20-8-5-7-18-6-3-4-9-21(18)20/h3-15H,2,16H2,1H3,(H,32,33)/b31-15-. The first-order chi connectivity index (χ1) is 17.0. The normalized spacial score (nSPS) is 11.1. The van der Waals surface area contributed by atoms with Gasteiger partial charge in [0.1, 0.15) is 6.61 Å². The summed E-state index contributed by atoms with van der Waals surface area (Å²) in [6.45, 7) is 2.63. The number of hydrogen-bond acceptors (Lipinski definition) is 4. The average Bonchev–Trinajstić information content (AvgIpc) is 2.85. The molecule has 4 aromatic rings. The Kier molecular flexibility index (Phi) is 8.13. The lowest BCUT2D eigenvalue weighted by atomic mass is 10.1. The molecule has 0 saturated heterocycles. The molecule has 5 nitrogen and oxygen atoms in total. The molecule has 0 aliphatic heterocycles. The molecule has 35 heavy (non-hydrogen) atoms. The molecule has 0 aliphatic carbocycles. The molecular formula is C27H21Cl3N2O3. The quantitative estimate of drug-likeness (QED) is 0.190. The summed E-state index contributed by atoms with van der Waals surface area (Å²) in [7, 11) is 0. The van der Waals surface area contributed by atoms with E-state index in [0.717, 1.165) is 16.3 Å². The Morgan fingerprint density at radius 3 is 2.51 bits per heavy atom. The van der Waals surface area contributed by atoms with Crippen LogP contribution in [0.2, 0.25) is 15.1 Å². The second-order valence-corrected chi connectivity index (χ2v) is 8.74. The molecule has 0 fully saturated rings. The smallest absolute Gasteiger partial charge is 0.271 e. The topological polar surface area (TPSA) is 59.9 Å². The molecule has 4 aromatic carbocycles. The van der Waals surface area contributed by atoms with Gasteiger partial charge in [-0.3, -0.25) is 4.79 Å². The van der Waals surface area contributed by atoms with Crippen LogP contribution in [0.25, 0.3) is 10.8 Å². The monoisotopic (exact) mass is 526 g/mol. The van der Waals surface area contributed by atoms with Crippen LogP contribution in [-0.4, -0.2) is 18.7 Å². The number of carbonyl (C=O) groups excluding carboxylic acids is 1. The second-order valence-electron chi connectivity index (χ2n) is 7.52. The van der Waals surface area contributed by atoms with Crippen LogP contribution in [0.15, 0.2) is 77.9 Å². The van der Waals surface area contributed by atoms with Crippen LogP contribution in [0, 0.1) is 0 Å². The Morgan fingerprint density at radius 2 is 1.71 bits per heavy atom. The minimum Gasteiger partial charge on any atom is -0.490 e. The highest BCUT2D eigenvalue weighted by molar-refractivity contribution is 6.42. The third-order valence-electron chi connectivity index (χ3n) is 5.15. The van der Waals surface area contributed by atoms with Crippen molar-refractivity contribution in [3.8, 4) is 11.5 Å². The van der Waals surface area contributed by atoms with E-state index in [1.165, 1.54) is 12.3 Å². The van der Waals surface area contributed by atoms with Crippen LogP contribution < -0.4 is 14.9 Å². The largest absolute Gasteiger partial charge is 0.490 e. The van der Waals surface area contributed by atoms with Gasteiger partial charge >= 0.3 is 0 Å². The van der Waals surface area contributed by atoms with Crippen molar-refractivity contribution in [3.05, 3.63) is 105 Å². The van der Waals surface area contributed by atoms with E-state index in [-0.39, 0.29) is 5.02 Å². The van der Waals surface area contributed by atoms with E-state index in [1.807, 2.05) is 31.2 Å². The van der Waals surface area contributed by atoms with Crippen molar-refractivity contribution in [2.45, 2.75) is 13.5 Å². The number of nitrogens with one attached hydrogen (secondary N) is 1. The molecule has 0 radical (unpaired) electrons. The summed E-state index contributed by atoms with van der Waals surface area (Å²) >= 11 is 18.4. The number of nitrogens with zero attached hydrogens (tertiary/aromatic N) is 1. The molecule has 0 aromatic heterocycles. The molecule has 4 rings (SSSR count). The number of carbonyl (C=O) groups is 1. The van der Waals surface area contributed by atoms with Gasteiger partial charge in [-0.2, -0.15) is 5.10 Å². The van der Waals surface area contributed by atoms with Gasteiger partial charge in [0.25, 0.3) is 5.91 Å². The number of hydrogen-bond donors (Lipinski definition) is 1. The first-order valence-corrected chi connectivity index (χ1v) is 11.9. The Balaban J connectivity index is 1.50. The average molecular weight is 528 g/mol. The van der Waals surface area contributed by atoms with Gasteiger partial charge in [0.05, 0.1) is 27.9 Å². The molecule has 0 aliphatic rings. The number of rotatable bonds is 8. The molecule has 0 atom stereocenters. The fourth-order valence-electron chi connectivity index (χ4n) is 3.50. The summed E-state index contributed by atoms with van der Waals surface area (Å²) in [5.41, 5.74) is 4.46. The predicted octanol–water partition coefficient (Wildman–Crippen LogP) is 7.54. The SMILES string of the molecule is CCOc1cc(/C=N\NC(=O)c2ccc(Cl)c(Cl)c2)cc(Cl)c1OCc1cccc2ccccc12. The van der Waals surface area contributed by atoms with Gasteiger partial charge in [-0.05, 0) is 59.2 Å². The van der Waals surface area contributed by atoms with E-state index in [0.29, 0.717) is 45.9 Å². The van der Waals surface area contributed by atoms with Gasteiger partial charge in [-0.15, -0.1) is 0 Å². The number of amides is 1. The van der Waals surface area contributed by atoms with E-state index in [9.17, 15) is 4.79 Å².